The molecule has 0 radical (unpaired) electrons. The van der Waals surface area contributed by atoms with Crippen LogP contribution in [0.5, 0.6) is 0 Å². The average molecular weight is 441 g/mol. The zero-order valence-electron chi connectivity index (χ0n) is 17.1. The van der Waals surface area contributed by atoms with Gasteiger partial charge in [-0.2, -0.15) is 5.10 Å². The maximum absolute atomic E-state index is 12.4. The lowest BCUT2D eigenvalue weighted by atomic mass is 10.2. The fraction of sp³-hybridized carbons (Fsp3) is 0.227. The van der Waals surface area contributed by atoms with Crippen LogP contribution in [-0.2, 0) is 22.7 Å². The number of ether oxygens (including phenoxy) is 1. The van der Waals surface area contributed by atoms with Gasteiger partial charge in [-0.15, -0.1) is 0 Å². The van der Waals surface area contributed by atoms with E-state index in [4.69, 9.17) is 25.3 Å². The molecule has 1 N–H and O–H groups in total. The van der Waals surface area contributed by atoms with Gasteiger partial charge in [0, 0.05) is 11.1 Å². The third-order valence-corrected chi connectivity index (χ3v) is 4.95. The van der Waals surface area contributed by atoms with Crippen molar-refractivity contribution in [1.82, 2.24) is 14.9 Å². The average Bonchev–Trinajstić information content (AvgIpc) is 3.48. The van der Waals surface area contributed by atoms with Gasteiger partial charge < -0.3 is 19.0 Å². The van der Waals surface area contributed by atoms with Gasteiger partial charge in [0.25, 0.3) is 0 Å². The smallest absolute Gasteiger partial charge is 0.250 e. The van der Waals surface area contributed by atoms with E-state index < -0.39 is 0 Å². The lowest BCUT2D eigenvalue weighted by molar-refractivity contribution is -0.121. The summed E-state index contributed by atoms with van der Waals surface area (Å²) in [5, 5.41) is 12.0. The van der Waals surface area contributed by atoms with Crippen molar-refractivity contribution in [2.24, 2.45) is 0 Å². The maximum atomic E-state index is 12.4. The molecule has 1 amide bonds. The first kappa shape index (κ1) is 20.9. The minimum atomic E-state index is -0.271. The maximum Gasteiger partial charge on any atom is 0.250 e. The number of nitrogens with zero attached hydrogens (tertiary/aromatic N) is 3. The number of anilines is 1. The molecular weight excluding hydrogens is 420 g/mol. The van der Waals surface area contributed by atoms with Crippen LogP contribution in [0.2, 0.25) is 5.02 Å². The van der Waals surface area contributed by atoms with Crippen molar-refractivity contribution in [2.75, 3.05) is 11.9 Å². The number of nitrogens with one attached hydrogen (secondary N) is 1. The van der Waals surface area contributed by atoms with Crippen molar-refractivity contribution in [3.8, 4) is 11.5 Å². The van der Waals surface area contributed by atoms with E-state index >= 15 is 0 Å². The second-order valence-electron chi connectivity index (χ2n) is 7.03. The van der Waals surface area contributed by atoms with Gasteiger partial charge >= 0.3 is 0 Å². The Hall–Kier alpha value is -3.36. The van der Waals surface area contributed by atoms with Gasteiger partial charge in [-0.1, -0.05) is 28.9 Å². The van der Waals surface area contributed by atoms with Gasteiger partial charge in [0.2, 0.25) is 11.7 Å². The van der Waals surface area contributed by atoms with Gasteiger partial charge in [0.05, 0.1) is 36.5 Å². The molecule has 31 heavy (non-hydrogen) atoms. The van der Waals surface area contributed by atoms with Crippen molar-refractivity contribution in [3.63, 3.8) is 0 Å². The SMILES string of the molecule is Cc1nn(Cc2ccc(Cl)cc2)c(C)c1NC(=O)COCc1cc(-c2ccco2)on1. The van der Waals surface area contributed by atoms with Gasteiger partial charge in [-0.25, -0.2) is 0 Å². The van der Waals surface area contributed by atoms with Gasteiger partial charge in [0.15, 0.2) is 5.76 Å². The normalized spacial score (nSPS) is 11.1. The molecule has 0 fully saturated rings. The van der Waals surface area contributed by atoms with Crippen molar-refractivity contribution in [2.45, 2.75) is 27.0 Å². The summed E-state index contributed by atoms with van der Waals surface area (Å²) in [6, 6.07) is 12.8. The number of carbonyl (C=O) groups excluding carboxylic acids is 1. The summed E-state index contributed by atoms with van der Waals surface area (Å²) in [5.41, 5.74) is 3.92. The molecule has 0 unspecified atom stereocenters. The van der Waals surface area contributed by atoms with Crippen LogP contribution in [0.25, 0.3) is 11.5 Å². The van der Waals surface area contributed by atoms with E-state index in [1.807, 2.05) is 42.8 Å². The number of carbonyl (C=O) groups is 1. The summed E-state index contributed by atoms with van der Waals surface area (Å²) in [6.45, 7) is 4.38. The Balaban J connectivity index is 1.31. The summed E-state index contributed by atoms with van der Waals surface area (Å²) < 4.78 is 17.8. The van der Waals surface area contributed by atoms with Crippen LogP contribution >= 0.6 is 11.6 Å². The minimum absolute atomic E-state index is 0.121. The molecule has 0 aliphatic heterocycles. The number of aromatic nitrogens is 3. The van der Waals surface area contributed by atoms with Gasteiger partial charge in [-0.05, 0) is 43.7 Å². The Morgan fingerprint density at radius 3 is 2.74 bits per heavy atom. The number of aryl methyl sites for hydroxylation is 1. The molecule has 1 aromatic carbocycles. The molecule has 4 rings (SSSR count). The summed E-state index contributed by atoms with van der Waals surface area (Å²) in [6.07, 6.45) is 1.56. The molecule has 8 nitrogen and oxygen atoms in total. The monoisotopic (exact) mass is 440 g/mol. The summed E-state index contributed by atoms with van der Waals surface area (Å²) in [5.74, 6) is 0.817. The highest BCUT2D eigenvalue weighted by atomic mass is 35.5. The largest absolute Gasteiger partial charge is 0.461 e. The van der Waals surface area contributed by atoms with Crippen LogP contribution in [0.4, 0.5) is 5.69 Å². The standard InChI is InChI=1S/C22H21ClN4O4/c1-14-22(15(2)27(25-14)11-16-5-7-17(23)8-6-16)24-21(28)13-29-12-18-10-20(31-26-18)19-4-3-9-30-19/h3-10H,11-13H2,1-2H3,(H,24,28). The number of hydrogen-bond donors (Lipinski definition) is 1. The molecule has 0 spiro atoms. The van der Waals surface area contributed by atoms with Crippen LogP contribution in [0.15, 0.2) is 57.7 Å². The van der Waals surface area contributed by atoms with Crippen LogP contribution < -0.4 is 5.32 Å². The Bertz CT molecular complexity index is 1160. The topological polar surface area (TPSA) is 95.3 Å². The fourth-order valence-corrected chi connectivity index (χ4v) is 3.26. The predicted octanol–water partition coefficient (Wildman–Crippen LogP) is 4.60. The molecule has 3 aromatic heterocycles. The van der Waals surface area contributed by atoms with E-state index in [0.717, 1.165) is 17.0 Å². The Morgan fingerprint density at radius 2 is 2.00 bits per heavy atom. The van der Waals surface area contributed by atoms with Crippen LogP contribution in [0.3, 0.4) is 0 Å². The lowest BCUT2D eigenvalue weighted by Crippen LogP contribution is -2.19. The summed E-state index contributed by atoms with van der Waals surface area (Å²) in [7, 11) is 0. The zero-order chi connectivity index (χ0) is 21.8. The third-order valence-electron chi connectivity index (χ3n) is 4.70. The molecule has 0 saturated carbocycles. The molecule has 0 aliphatic carbocycles. The number of rotatable bonds is 8. The van der Waals surface area contributed by atoms with E-state index in [2.05, 4.69) is 15.6 Å². The Morgan fingerprint density at radius 1 is 1.19 bits per heavy atom. The molecule has 4 aromatic rings. The lowest BCUT2D eigenvalue weighted by Gasteiger charge is -2.08. The Kier molecular flexibility index (Phi) is 6.20. The molecular formula is C22H21ClN4O4. The van der Waals surface area contributed by atoms with Crippen LogP contribution in [-0.4, -0.2) is 27.5 Å². The van der Waals surface area contributed by atoms with E-state index in [-0.39, 0.29) is 19.1 Å². The summed E-state index contributed by atoms with van der Waals surface area (Å²) in [4.78, 5) is 12.4. The second-order valence-corrected chi connectivity index (χ2v) is 7.47. The number of halogens is 1. The van der Waals surface area contributed by atoms with Crippen molar-refractivity contribution in [1.29, 1.82) is 0 Å². The van der Waals surface area contributed by atoms with Gasteiger partial charge in [-0.3, -0.25) is 9.48 Å². The second kappa shape index (κ2) is 9.20. The highest BCUT2D eigenvalue weighted by Crippen LogP contribution is 2.22. The summed E-state index contributed by atoms with van der Waals surface area (Å²) >= 11 is 5.94. The number of benzene rings is 1. The molecule has 9 heteroatoms. The molecule has 0 bridgehead atoms. The van der Waals surface area contributed by atoms with Crippen molar-refractivity contribution in [3.05, 3.63) is 76.4 Å². The van der Waals surface area contributed by atoms with Crippen LogP contribution in [0, 0.1) is 13.8 Å². The quantitative estimate of drug-likeness (QED) is 0.430. The van der Waals surface area contributed by atoms with Crippen LogP contribution in [0.1, 0.15) is 22.6 Å². The first-order valence-corrected chi connectivity index (χ1v) is 10.0. The minimum Gasteiger partial charge on any atom is -0.461 e. The number of amides is 1. The molecule has 3 heterocycles. The first-order valence-electron chi connectivity index (χ1n) is 9.65. The molecule has 160 valence electrons. The molecule has 0 atom stereocenters. The van der Waals surface area contributed by atoms with E-state index in [1.54, 1.807) is 24.5 Å². The zero-order valence-corrected chi connectivity index (χ0v) is 17.8. The number of hydrogen-bond acceptors (Lipinski definition) is 6. The van der Waals surface area contributed by atoms with Crippen molar-refractivity contribution >= 4 is 23.2 Å². The van der Waals surface area contributed by atoms with E-state index in [0.29, 0.717) is 34.5 Å². The van der Waals surface area contributed by atoms with E-state index in [1.165, 1.54) is 0 Å². The first-order chi connectivity index (χ1) is 15.0. The highest BCUT2D eigenvalue weighted by Gasteiger charge is 2.15. The van der Waals surface area contributed by atoms with Crippen molar-refractivity contribution < 1.29 is 18.5 Å². The predicted molar refractivity (Wildman–Crippen MR) is 115 cm³/mol. The van der Waals surface area contributed by atoms with Gasteiger partial charge in [0.1, 0.15) is 12.3 Å². The number of furan rings is 1. The third kappa shape index (κ3) is 5.04. The highest BCUT2D eigenvalue weighted by molar-refractivity contribution is 6.30. The molecule has 0 aliphatic rings. The fourth-order valence-electron chi connectivity index (χ4n) is 3.13. The Labute approximate surface area is 183 Å². The molecule has 0 saturated heterocycles. The van der Waals surface area contributed by atoms with E-state index in [9.17, 15) is 4.79 Å².